The molecule has 0 aromatic heterocycles. The number of halogens is 2. The van der Waals surface area contributed by atoms with E-state index in [0.717, 1.165) is 17.6 Å². The molecule has 2 spiro atoms. The van der Waals surface area contributed by atoms with Gasteiger partial charge in [-0.05, 0) is 114 Å². The van der Waals surface area contributed by atoms with Crippen LogP contribution >= 0.6 is 28.7 Å². The van der Waals surface area contributed by atoms with E-state index in [0.29, 0.717) is 0 Å². The maximum absolute atomic E-state index is 9.96. The Labute approximate surface area is 492 Å². The minimum atomic E-state index is -1.00. The van der Waals surface area contributed by atoms with Crippen LogP contribution in [0.15, 0.2) is 197 Å². The average Bonchev–Trinajstić information content (AvgIpc) is 3.62. The molecule has 3 nitrogen and oxygen atoms in total. The Kier molecular flexibility index (Phi) is 39.2. The molecule has 0 saturated heterocycles. The summed E-state index contributed by atoms with van der Waals surface area (Å²) in [5, 5.41) is 0. The largest absolute Gasteiger partial charge is 0.0725 e. The zero-order valence-corrected chi connectivity index (χ0v) is 53.4. The van der Waals surface area contributed by atoms with E-state index in [1.165, 1.54) is 89.0 Å². The first-order valence-corrected chi connectivity index (χ1v) is 29.9. The van der Waals surface area contributed by atoms with Crippen molar-refractivity contribution >= 4 is 36.4 Å². The summed E-state index contributed by atoms with van der Waals surface area (Å²) >= 11 is 6.87. The summed E-state index contributed by atoms with van der Waals surface area (Å²) in [5.74, 6) is 0. The molecule has 78 heavy (non-hydrogen) atoms. The molecule has 0 atom stereocenters. The fourth-order valence-electron chi connectivity index (χ4n) is 10.1. The summed E-state index contributed by atoms with van der Waals surface area (Å²) in [6.07, 6.45) is 0. The number of hydrogen-bond donors (Lipinski definition) is 3. The van der Waals surface area contributed by atoms with Crippen molar-refractivity contribution in [3.05, 3.63) is 237 Å². The second kappa shape index (κ2) is 42.3. The van der Waals surface area contributed by atoms with Crippen LogP contribution in [0.2, 0.25) is 0 Å². The van der Waals surface area contributed by atoms with Crippen molar-refractivity contribution in [1.29, 1.82) is 0 Å². The van der Waals surface area contributed by atoms with Crippen molar-refractivity contribution in [3.63, 3.8) is 0 Å². The Balaban J connectivity index is 0. The van der Waals surface area contributed by atoms with E-state index in [4.69, 9.17) is 12.8 Å². The first kappa shape index (κ1) is 72.3. The molecule has 7 heteroatoms. The van der Waals surface area contributed by atoms with Gasteiger partial charge in [-0.3, -0.25) is 4.39 Å². The molecule has 0 bridgehead atoms. The normalized spacial score (nSPS) is 11.1. The molecule has 4 aliphatic rings. The molecule has 419 valence electrons. The van der Waals surface area contributed by atoms with Crippen LogP contribution in [0, 0.1) is 0 Å². The van der Waals surface area contributed by atoms with Gasteiger partial charge >= 0.3 is 24.8 Å². The van der Waals surface area contributed by atoms with Gasteiger partial charge in [-0.15, -0.1) is 0 Å². The van der Waals surface area contributed by atoms with Crippen molar-refractivity contribution in [3.8, 4) is 44.5 Å². The van der Waals surface area contributed by atoms with E-state index in [1.807, 2.05) is 125 Å². The Morgan fingerprint density at radius 3 is 0.705 bits per heavy atom. The third-order valence-corrected chi connectivity index (χ3v) is 12.4. The maximum Gasteiger partial charge on any atom is 0.0725 e. The summed E-state index contributed by atoms with van der Waals surface area (Å²) in [4.78, 5) is 0. The number of hydrogen-bond acceptors (Lipinski definition) is 4. The van der Waals surface area contributed by atoms with Gasteiger partial charge < -0.3 is 11.5 Å². The minimum Gasteiger partial charge on any atom is -0.0619 e. The van der Waals surface area contributed by atoms with Crippen LogP contribution < -0.4 is 11.5 Å². The molecule has 12 rings (SSSR count). The molecule has 4 aliphatic carbocycles. The number of alkyl halides is 1. The molecule has 0 heterocycles. The van der Waals surface area contributed by atoms with Crippen LogP contribution in [0.4, 0.5) is 4.39 Å². The summed E-state index contributed by atoms with van der Waals surface area (Å²) < 4.78 is 19.3. The van der Waals surface area contributed by atoms with Gasteiger partial charge in [0.05, 0.1) is 19.4 Å². The van der Waals surface area contributed by atoms with Gasteiger partial charge in [0.1, 0.15) is 0 Å². The smallest absolute Gasteiger partial charge is 0.0619 e. The zero-order chi connectivity index (χ0) is 60.6. The predicted octanol–water partition coefficient (Wildman–Crippen LogP) is 21.7. The van der Waals surface area contributed by atoms with Crippen LogP contribution in [-0.4, -0.2) is 27.9 Å². The summed E-state index contributed by atoms with van der Waals surface area (Å²) in [6, 6.07) is 69.1. The number of nitrogens with zero attached hydrogens (tertiary/aromatic N) is 1. The molecule has 8 aromatic rings. The molecule has 1 radical (unpaired) electrons. The topological polar surface area (TPSA) is 64.4 Å². The van der Waals surface area contributed by atoms with E-state index in [1.54, 1.807) is 0 Å². The quantitative estimate of drug-likeness (QED) is 0.105. The molecule has 0 amide bonds. The van der Waals surface area contributed by atoms with E-state index >= 15 is 0 Å². The second-order valence-corrected chi connectivity index (χ2v) is 16.1. The first-order chi connectivity index (χ1) is 38.9. The molecule has 0 saturated carbocycles. The van der Waals surface area contributed by atoms with Gasteiger partial charge in [0, 0.05) is 4.47 Å². The van der Waals surface area contributed by atoms with Crippen LogP contribution in [-0.2, 0) is 10.8 Å². The van der Waals surface area contributed by atoms with Crippen LogP contribution in [0.3, 0.4) is 0 Å². The van der Waals surface area contributed by atoms with Gasteiger partial charge in [0.2, 0.25) is 0 Å². The number of rotatable bonds is 0. The molecule has 4 N–H and O–H groups in total. The van der Waals surface area contributed by atoms with E-state index in [-0.39, 0.29) is 10.8 Å². The maximum atomic E-state index is 9.96. The number of fused-ring (bicyclic) bond motifs is 20. The van der Waals surface area contributed by atoms with Crippen molar-refractivity contribution in [2.45, 2.75) is 135 Å². The standard InChI is InChI=1S/C25H15Br.C25H16.2C2H7N.8C2H6.CH3F.BHNS/c26-16-13-14-24-20(15-16)19-9-3-6-12-23(19)25(24)21-10-4-1-7-17(21)18-8-2-5-11-22(18)25;1-5-13-21-17(9-1)18-10-2-6-14-22(18)25(21)23-15-7-3-11-19(23)20-12-4-8-16-24(20)25;2*1-2-3;9*1-2;1-2-3/h1-15H;1-16H;2*2-3H2,1H3;8*1-2H3;1H3;3H/i;;;;;;;;;;;;1D;. The molecule has 0 unspecified atom stereocenters. The fraction of sp³-hybridized carbons (Fsp3) is 0.324. The van der Waals surface area contributed by atoms with Crippen molar-refractivity contribution in [1.82, 2.24) is 0 Å². The molecule has 8 aromatic carbocycles. The summed E-state index contributed by atoms with van der Waals surface area (Å²) in [5.41, 5.74) is 31.4. The average molecular weight is 1140 g/mol. The monoisotopic (exact) mass is 1130 g/mol. The van der Waals surface area contributed by atoms with Crippen molar-refractivity contribution in [2.24, 2.45) is 15.8 Å². The number of benzene rings is 8. The summed E-state index contributed by atoms with van der Waals surface area (Å²) in [6.45, 7) is 37.3. The first-order valence-electron chi connectivity index (χ1n) is 29.4. The fourth-order valence-corrected chi connectivity index (χ4v) is 10.5. The summed E-state index contributed by atoms with van der Waals surface area (Å²) in [7, 11) is 3.34. The van der Waals surface area contributed by atoms with Gasteiger partial charge in [-0.25, -0.2) is 0 Å². The third-order valence-electron chi connectivity index (χ3n) is 11.9. The van der Waals surface area contributed by atoms with Gasteiger partial charge in [0.25, 0.3) is 0 Å². The zero-order valence-electron chi connectivity index (χ0n) is 51.9. The SMILES string of the molecule is Brc1ccc2c(c1)-c1ccccc1C21c2ccccc2-c2ccccc21.CC.CC.CC.CC.CC.CC.CC.CC.CCN.CCN.[2H]CF.[B]=NS.c1ccc2c(c1)-c1ccccc1C21c2ccccc2-c2ccccc21. The van der Waals surface area contributed by atoms with Crippen molar-refractivity contribution in [2.75, 3.05) is 20.2 Å². The Hall–Kier alpha value is -5.70. The Morgan fingerprint density at radius 2 is 0.526 bits per heavy atom. The third kappa shape index (κ3) is 15.4. The van der Waals surface area contributed by atoms with E-state index in [2.05, 4.69) is 229 Å². The van der Waals surface area contributed by atoms with E-state index < -0.39 is 7.15 Å². The van der Waals surface area contributed by atoms with Gasteiger partial charge in [-0.1, -0.05) is 316 Å². The molecule has 0 fully saturated rings. The predicted molar refractivity (Wildman–Crippen MR) is 358 cm³/mol. The Morgan fingerprint density at radius 1 is 0.385 bits per heavy atom. The van der Waals surface area contributed by atoms with Gasteiger partial charge in [0.15, 0.2) is 0 Å². The van der Waals surface area contributed by atoms with Crippen molar-refractivity contribution < 1.29 is 5.76 Å². The Bertz CT molecular complexity index is 2650. The van der Waals surface area contributed by atoms with E-state index in [9.17, 15) is 4.39 Å². The van der Waals surface area contributed by atoms with Gasteiger partial charge in [-0.2, -0.15) is 0 Å². The van der Waals surface area contributed by atoms with Crippen LogP contribution in [0.25, 0.3) is 44.5 Å². The van der Waals surface area contributed by atoms with Crippen LogP contribution in [0.5, 0.6) is 0 Å². The van der Waals surface area contributed by atoms with Crippen LogP contribution in [0.1, 0.15) is 171 Å². The molecular formula is C71H97BBrFN3S. The number of nitrogens with two attached hydrogens (primary N) is 2. The molecular weight excluding hydrogens is 1040 g/mol. The second-order valence-electron chi connectivity index (χ2n) is 14.9. The number of thiol groups is 1. The minimum absolute atomic E-state index is 0.180. The molecule has 0 aliphatic heterocycles.